The summed E-state index contributed by atoms with van der Waals surface area (Å²) in [6.45, 7) is 0.619. The van der Waals surface area contributed by atoms with Crippen LogP contribution in [0.1, 0.15) is 5.56 Å². The van der Waals surface area contributed by atoms with Gasteiger partial charge in [0.05, 0.1) is 18.3 Å². The Kier molecular flexibility index (Phi) is 2.99. The minimum Gasteiger partial charge on any atom is -0.256 e. The van der Waals surface area contributed by atoms with E-state index < -0.39 is 0 Å². The molecule has 4 rings (SSSR count). The van der Waals surface area contributed by atoms with Gasteiger partial charge in [-0.1, -0.05) is 17.3 Å². The van der Waals surface area contributed by atoms with Crippen molar-refractivity contribution < 1.29 is 0 Å². The Morgan fingerprint density at radius 2 is 2.05 bits per heavy atom. The van der Waals surface area contributed by atoms with Crippen LogP contribution in [0.3, 0.4) is 0 Å². The number of pyridine rings is 1. The van der Waals surface area contributed by atoms with E-state index in [4.69, 9.17) is 0 Å². The lowest BCUT2D eigenvalue weighted by Gasteiger charge is -2.04. The molecule has 0 spiro atoms. The second kappa shape index (κ2) is 4.99. The molecule has 3 heterocycles. The van der Waals surface area contributed by atoms with E-state index in [-0.39, 0.29) is 0 Å². The number of aromatic nitrogens is 6. The van der Waals surface area contributed by atoms with Gasteiger partial charge in [0.25, 0.3) is 0 Å². The van der Waals surface area contributed by atoms with E-state index in [1.165, 1.54) is 0 Å². The van der Waals surface area contributed by atoms with Gasteiger partial charge in [0.15, 0.2) is 15.0 Å². The first-order valence-corrected chi connectivity index (χ1v) is 7.43. The molecule has 1 aromatic carbocycles. The lowest BCUT2D eigenvalue weighted by molar-refractivity contribution is 0.664. The third-order valence-corrected chi connectivity index (χ3v) is 3.75. The molecule has 0 saturated carbocycles. The molecular formula is C14H9IN6. The lowest BCUT2D eigenvalue weighted by atomic mass is 10.1. The van der Waals surface area contributed by atoms with Crippen LogP contribution in [-0.4, -0.2) is 29.9 Å². The van der Waals surface area contributed by atoms with Gasteiger partial charge in [0, 0.05) is 34.2 Å². The molecule has 102 valence electrons. The number of hydrogen-bond donors (Lipinski definition) is 0. The quantitative estimate of drug-likeness (QED) is 0.390. The van der Waals surface area contributed by atoms with Crippen LogP contribution in [0.25, 0.3) is 22.1 Å². The highest BCUT2D eigenvalue weighted by atomic mass is 127. The van der Waals surface area contributed by atoms with Crippen LogP contribution in [0.2, 0.25) is 0 Å². The zero-order valence-electron chi connectivity index (χ0n) is 10.8. The van der Waals surface area contributed by atoms with E-state index >= 15 is 0 Å². The molecule has 0 unspecified atom stereocenters. The molecule has 0 amide bonds. The fraction of sp³-hybridized carbons (Fsp3) is 0.0714. The molecule has 6 nitrogen and oxygen atoms in total. The van der Waals surface area contributed by atoms with Crippen LogP contribution in [-0.2, 0) is 6.54 Å². The van der Waals surface area contributed by atoms with E-state index in [1.807, 2.05) is 12.1 Å². The number of rotatable bonds is 2. The molecule has 21 heavy (non-hydrogen) atoms. The smallest absolute Gasteiger partial charge is 0.192 e. The van der Waals surface area contributed by atoms with Crippen molar-refractivity contribution in [3.05, 3.63) is 52.1 Å². The first-order chi connectivity index (χ1) is 10.3. The van der Waals surface area contributed by atoms with Gasteiger partial charge < -0.3 is 0 Å². The Hall–Kier alpha value is -2.16. The molecule has 0 aliphatic heterocycles. The van der Waals surface area contributed by atoms with Gasteiger partial charge in [-0.2, -0.15) is 0 Å². The Bertz CT molecular complexity index is 948. The highest BCUT2D eigenvalue weighted by Gasteiger charge is 2.08. The maximum Gasteiger partial charge on any atom is 0.192 e. The highest BCUT2D eigenvalue weighted by molar-refractivity contribution is 14.1. The maximum atomic E-state index is 4.40. The van der Waals surface area contributed by atoms with Gasteiger partial charge in [-0.15, -0.1) is 5.10 Å². The Balaban J connectivity index is 1.77. The third kappa shape index (κ3) is 2.33. The average molecular weight is 388 g/mol. The molecule has 3 aromatic heterocycles. The van der Waals surface area contributed by atoms with Crippen molar-refractivity contribution in [3.8, 4) is 0 Å². The molecule has 0 aliphatic carbocycles. The number of benzene rings is 1. The van der Waals surface area contributed by atoms with E-state index in [9.17, 15) is 0 Å². The van der Waals surface area contributed by atoms with Gasteiger partial charge in [0.2, 0.25) is 0 Å². The Morgan fingerprint density at radius 3 is 3.00 bits per heavy atom. The van der Waals surface area contributed by atoms with Gasteiger partial charge >= 0.3 is 0 Å². The number of hydrogen-bond acceptors (Lipinski definition) is 5. The minimum atomic E-state index is 0.619. The first kappa shape index (κ1) is 12.6. The monoisotopic (exact) mass is 388 g/mol. The predicted octanol–water partition coefficient (Wildman–Crippen LogP) is 2.42. The van der Waals surface area contributed by atoms with E-state index in [1.54, 1.807) is 17.1 Å². The van der Waals surface area contributed by atoms with Crippen LogP contribution in [0.4, 0.5) is 0 Å². The Morgan fingerprint density at radius 1 is 1.10 bits per heavy atom. The van der Waals surface area contributed by atoms with Gasteiger partial charge in [-0.25, -0.2) is 14.6 Å². The number of halogens is 1. The van der Waals surface area contributed by atoms with Crippen molar-refractivity contribution in [1.29, 1.82) is 0 Å². The third-order valence-electron chi connectivity index (χ3n) is 3.23. The largest absolute Gasteiger partial charge is 0.256 e. The highest BCUT2D eigenvalue weighted by Crippen LogP contribution is 2.16. The van der Waals surface area contributed by atoms with E-state index in [0.717, 1.165) is 22.1 Å². The summed E-state index contributed by atoms with van der Waals surface area (Å²) in [5, 5.41) is 9.36. The summed E-state index contributed by atoms with van der Waals surface area (Å²) in [5.41, 5.74) is 3.58. The summed E-state index contributed by atoms with van der Waals surface area (Å²) in [6, 6.07) is 10.2. The van der Waals surface area contributed by atoms with Crippen molar-refractivity contribution in [1.82, 2.24) is 29.9 Å². The van der Waals surface area contributed by atoms with Crippen LogP contribution in [0.15, 0.2) is 42.7 Å². The minimum absolute atomic E-state index is 0.619. The SMILES string of the molecule is Ic1ncc2nnn(Cc3ccc4ncccc4c3)c2n1. The van der Waals surface area contributed by atoms with Crippen molar-refractivity contribution in [3.63, 3.8) is 0 Å². The molecule has 0 atom stereocenters. The molecule has 7 heteroatoms. The fourth-order valence-corrected chi connectivity index (χ4v) is 2.62. The van der Waals surface area contributed by atoms with Gasteiger partial charge in [-0.05, 0) is 23.8 Å². The Labute approximate surface area is 133 Å². The van der Waals surface area contributed by atoms with Crippen molar-refractivity contribution in [2.45, 2.75) is 6.54 Å². The topological polar surface area (TPSA) is 69.4 Å². The van der Waals surface area contributed by atoms with Crippen molar-refractivity contribution >= 4 is 44.7 Å². The summed E-state index contributed by atoms with van der Waals surface area (Å²) in [5.74, 6) is 0. The standard InChI is InChI=1S/C14H9IN6/c15-14-17-7-12-13(18-14)21(20-19-12)8-9-3-4-11-10(6-9)2-1-5-16-11/h1-7H,8H2. The maximum absolute atomic E-state index is 4.40. The molecule has 0 bridgehead atoms. The zero-order valence-corrected chi connectivity index (χ0v) is 13.0. The summed E-state index contributed by atoms with van der Waals surface area (Å²) in [4.78, 5) is 12.8. The molecule has 0 fully saturated rings. The first-order valence-electron chi connectivity index (χ1n) is 6.35. The average Bonchev–Trinajstić information content (AvgIpc) is 2.89. The number of fused-ring (bicyclic) bond motifs is 2. The molecule has 4 aromatic rings. The lowest BCUT2D eigenvalue weighted by Crippen LogP contribution is -2.03. The van der Waals surface area contributed by atoms with Crippen LogP contribution < -0.4 is 0 Å². The van der Waals surface area contributed by atoms with Crippen LogP contribution in [0.5, 0.6) is 0 Å². The van der Waals surface area contributed by atoms with E-state index in [2.05, 4.69) is 66.1 Å². The second-order valence-electron chi connectivity index (χ2n) is 4.63. The fourth-order valence-electron chi connectivity index (χ4n) is 2.25. The van der Waals surface area contributed by atoms with E-state index in [0.29, 0.717) is 15.9 Å². The van der Waals surface area contributed by atoms with Crippen LogP contribution in [0, 0.1) is 3.83 Å². The molecule has 0 N–H and O–H groups in total. The van der Waals surface area contributed by atoms with Gasteiger partial charge in [-0.3, -0.25) is 4.98 Å². The number of nitrogens with zero attached hydrogens (tertiary/aromatic N) is 6. The zero-order chi connectivity index (χ0) is 14.2. The summed E-state index contributed by atoms with van der Waals surface area (Å²) >= 11 is 2.09. The molecule has 0 radical (unpaired) electrons. The molecule has 0 aliphatic rings. The molecule has 0 saturated heterocycles. The summed E-state index contributed by atoms with van der Waals surface area (Å²) in [7, 11) is 0. The van der Waals surface area contributed by atoms with Crippen LogP contribution >= 0.6 is 22.6 Å². The normalized spacial score (nSPS) is 11.3. The summed E-state index contributed by atoms with van der Waals surface area (Å²) in [6.07, 6.45) is 3.49. The van der Waals surface area contributed by atoms with Crippen molar-refractivity contribution in [2.24, 2.45) is 0 Å². The van der Waals surface area contributed by atoms with Crippen molar-refractivity contribution in [2.75, 3.05) is 0 Å². The molecular weight excluding hydrogens is 379 g/mol. The predicted molar refractivity (Wildman–Crippen MR) is 86.7 cm³/mol. The van der Waals surface area contributed by atoms with Gasteiger partial charge in [0.1, 0.15) is 0 Å². The summed E-state index contributed by atoms with van der Waals surface area (Å²) < 4.78 is 2.47. The second-order valence-corrected chi connectivity index (χ2v) is 5.59.